The van der Waals surface area contributed by atoms with Gasteiger partial charge in [-0.25, -0.2) is 0 Å². The van der Waals surface area contributed by atoms with Crippen molar-refractivity contribution in [3.63, 3.8) is 0 Å². The predicted molar refractivity (Wildman–Crippen MR) is 98.9 cm³/mol. The van der Waals surface area contributed by atoms with Gasteiger partial charge in [0.25, 0.3) is 11.8 Å². The number of carbonyl (C=O) groups excluding carboxylic acids is 2. The van der Waals surface area contributed by atoms with Crippen LogP contribution in [0.4, 0.5) is 5.69 Å². The van der Waals surface area contributed by atoms with Crippen LogP contribution in [0.3, 0.4) is 0 Å². The van der Waals surface area contributed by atoms with Crippen molar-refractivity contribution < 1.29 is 19.1 Å². The quantitative estimate of drug-likeness (QED) is 0.810. The minimum Gasteiger partial charge on any atom is -0.497 e. The lowest BCUT2D eigenvalue weighted by molar-refractivity contribution is -0.136. The average molecular weight is 352 g/mol. The number of nitrogens with zero attached hydrogens (tertiary/aromatic N) is 1. The Labute approximate surface area is 152 Å². The normalized spacial score (nSPS) is 14.0. The van der Waals surface area contributed by atoms with Crippen molar-refractivity contribution in [3.8, 4) is 11.5 Å². The van der Waals surface area contributed by atoms with Crippen molar-refractivity contribution in [2.24, 2.45) is 0 Å². The molecule has 1 N–H and O–H groups in total. The molecule has 1 heterocycles. The zero-order chi connectivity index (χ0) is 18.7. The molecule has 0 radical (unpaired) electrons. The van der Waals surface area contributed by atoms with Gasteiger partial charge in [0.1, 0.15) is 17.2 Å². The number of benzene rings is 2. The summed E-state index contributed by atoms with van der Waals surface area (Å²) in [5.74, 6) is 0.485. The highest BCUT2D eigenvalue weighted by molar-refractivity contribution is 6.37. The molecule has 3 rings (SSSR count). The number of nitrogens with one attached hydrogen (secondary N) is 1. The smallest absolute Gasteiger partial charge is 0.278 e. The SMILES string of the molecule is CCN1C(=O)C(Nc2cccc(OC)c2)=C(c2ccccc2OC)C1=O. The molecule has 26 heavy (non-hydrogen) atoms. The van der Waals surface area contributed by atoms with Crippen LogP contribution in [0.2, 0.25) is 0 Å². The third-order valence-corrected chi connectivity index (χ3v) is 4.20. The number of hydrogen-bond donors (Lipinski definition) is 1. The van der Waals surface area contributed by atoms with E-state index in [1.165, 1.54) is 12.0 Å². The van der Waals surface area contributed by atoms with Gasteiger partial charge in [-0.1, -0.05) is 24.3 Å². The lowest BCUT2D eigenvalue weighted by Gasteiger charge is -2.12. The van der Waals surface area contributed by atoms with Crippen LogP contribution < -0.4 is 14.8 Å². The summed E-state index contributed by atoms with van der Waals surface area (Å²) in [4.78, 5) is 26.9. The lowest BCUT2D eigenvalue weighted by atomic mass is 10.0. The van der Waals surface area contributed by atoms with E-state index >= 15 is 0 Å². The first kappa shape index (κ1) is 17.5. The Morgan fingerprint density at radius 3 is 2.42 bits per heavy atom. The van der Waals surface area contributed by atoms with Crippen LogP contribution in [0.25, 0.3) is 5.57 Å². The van der Waals surface area contributed by atoms with Gasteiger partial charge < -0.3 is 14.8 Å². The van der Waals surface area contributed by atoms with Gasteiger partial charge in [0.15, 0.2) is 0 Å². The van der Waals surface area contributed by atoms with E-state index in [-0.39, 0.29) is 17.5 Å². The van der Waals surface area contributed by atoms with Crippen LogP contribution in [0, 0.1) is 0 Å². The fourth-order valence-corrected chi connectivity index (χ4v) is 2.93. The van der Waals surface area contributed by atoms with Gasteiger partial charge in [0.2, 0.25) is 0 Å². The summed E-state index contributed by atoms with van der Waals surface area (Å²) in [6.07, 6.45) is 0. The number of imide groups is 1. The van der Waals surface area contributed by atoms with E-state index in [9.17, 15) is 9.59 Å². The van der Waals surface area contributed by atoms with Gasteiger partial charge in [-0.05, 0) is 25.1 Å². The van der Waals surface area contributed by atoms with E-state index < -0.39 is 0 Å². The van der Waals surface area contributed by atoms with Crippen LogP contribution in [0.5, 0.6) is 11.5 Å². The van der Waals surface area contributed by atoms with E-state index in [0.717, 1.165) is 0 Å². The number of para-hydroxylation sites is 1. The monoisotopic (exact) mass is 352 g/mol. The lowest BCUT2D eigenvalue weighted by Crippen LogP contribution is -2.32. The Balaban J connectivity index is 2.12. The number of ether oxygens (including phenoxy) is 2. The Morgan fingerprint density at radius 1 is 0.962 bits per heavy atom. The summed E-state index contributed by atoms with van der Waals surface area (Å²) in [5, 5.41) is 3.09. The fraction of sp³-hybridized carbons (Fsp3) is 0.200. The standard InChI is InChI=1S/C20H20N2O4/c1-4-22-19(23)17(15-10-5-6-11-16(15)26-3)18(20(22)24)21-13-8-7-9-14(12-13)25-2/h5-12,21H,4H2,1-3H3. The molecule has 0 atom stereocenters. The maximum Gasteiger partial charge on any atom is 0.278 e. The minimum absolute atomic E-state index is 0.231. The summed E-state index contributed by atoms with van der Waals surface area (Å²) in [5.41, 5.74) is 1.77. The number of anilines is 1. The molecule has 1 aliphatic heterocycles. The van der Waals surface area contributed by atoms with Gasteiger partial charge in [-0.15, -0.1) is 0 Å². The molecule has 2 aromatic carbocycles. The summed E-state index contributed by atoms with van der Waals surface area (Å²) < 4.78 is 10.6. The second-order valence-corrected chi connectivity index (χ2v) is 5.66. The van der Waals surface area contributed by atoms with Crippen molar-refractivity contribution in [1.29, 1.82) is 0 Å². The fourth-order valence-electron chi connectivity index (χ4n) is 2.93. The third-order valence-electron chi connectivity index (χ3n) is 4.20. The highest BCUT2D eigenvalue weighted by Gasteiger charge is 2.39. The van der Waals surface area contributed by atoms with Crippen molar-refractivity contribution in [3.05, 3.63) is 59.8 Å². The zero-order valence-electron chi connectivity index (χ0n) is 14.9. The van der Waals surface area contributed by atoms with E-state index in [2.05, 4.69) is 5.32 Å². The average Bonchev–Trinajstić information content (AvgIpc) is 2.91. The maximum absolute atomic E-state index is 12.9. The first-order valence-corrected chi connectivity index (χ1v) is 8.25. The van der Waals surface area contributed by atoms with Gasteiger partial charge in [-0.3, -0.25) is 14.5 Å². The second-order valence-electron chi connectivity index (χ2n) is 5.66. The number of carbonyl (C=O) groups is 2. The van der Waals surface area contributed by atoms with E-state index in [0.29, 0.717) is 34.9 Å². The molecule has 2 amide bonds. The van der Waals surface area contributed by atoms with Crippen LogP contribution in [-0.2, 0) is 9.59 Å². The molecule has 1 aliphatic rings. The largest absolute Gasteiger partial charge is 0.497 e. The molecular formula is C20H20N2O4. The van der Waals surface area contributed by atoms with Gasteiger partial charge in [-0.2, -0.15) is 0 Å². The first-order chi connectivity index (χ1) is 12.6. The topological polar surface area (TPSA) is 67.9 Å². The maximum atomic E-state index is 12.9. The Bertz CT molecular complexity index is 889. The molecule has 0 aliphatic carbocycles. The van der Waals surface area contributed by atoms with Gasteiger partial charge >= 0.3 is 0 Å². The molecule has 0 unspecified atom stereocenters. The van der Waals surface area contributed by atoms with Crippen LogP contribution in [0.1, 0.15) is 12.5 Å². The molecule has 6 nitrogen and oxygen atoms in total. The first-order valence-electron chi connectivity index (χ1n) is 8.25. The zero-order valence-corrected chi connectivity index (χ0v) is 14.9. The molecule has 0 spiro atoms. The van der Waals surface area contributed by atoms with Gasteiger partial charge in [0.05, 0.1) is 19.8 Å². The Kier molecular flexibility index (Phi) is 4.93. The minimum atomic E-state index is -0.360. The number of likely N-dealkylation sites (N-methyl/N-ethyl adjacent to an activating group) is 1. The number of rotatable bonds is 6. The van der Waals surface area contributed by atoms with E-state index in [4.69, 9.17) is 9.47 Å². The molecular weight excluding hydrogens is 332 g/mol. The summed E-state index contributed by atoms with van der Waals surface area (Å²) in [7, 11) is 3.11. The van der Waals surface area contributed by atoms with Crippen LogP contribution >= 0.6 is 0 Å². The van der Waals surface area contributed by atoms with Gasteiger partial charge in [0, 0.05) is 23.9 Å². The highest BCUT2D eigenvalue weighted by atomic mass is 16.5. The molecule has 0 saturated heterocycles. The van der Waals surface area contributed by atoms with Crippen LogP contribution in [0.15, 0.2) is 54.2 Å². The highest BCUT2D eigenvalue weighted by Crippen LogP contribution is 2.35. The molecule has 134 valence electrons. The van der Waals surface area contributed by atoms with E-state index in [1.807, 2.05) is 18.2 Å². The van der Waals surface area contributed by atoms with Crippen molar-refractivity contribution >= 4 is 23.1 Å². The molecule has 0 aromatic heterocycles. The molecule has 0 fully saturated rings. The molecule has 0 bridgehead atoms. The summed E-state index contributed by atoms with van der Waals surface area (Å²) in [6.45, 7) is 2.06. The second kappa shape index (κ2) is 7.31. The molecule has 6 heteroatoms. The Hall–Kier alpha value is -3.28. The van der Waals surface area contributed by atoms with Crippen molar-refractivity contribution in [2.75, 3.05) is 26.1 Å². The summed E-state index contributed by atoms with van der Waals surface area (Å²) in [6, 6.07) is 14.3. The van der Waals surface area contributed by atoms with Crippen molar-refractivity contribution in [1.82, 2.24) is 4.90 Å². The predicted octanol–water partition coefficient (Wildman–Crippen LogP) is 2.92. The van der Waals surface area contributed by atoms with Crippen LogP contribution in [-0.4, -0.2) is 37.5 Å². The number of hydrogen-bond acceptors (Lipinski definition) is 5. The van der Waals surface area contributed by atoms with Crippen molar-refractivity contribution in [2.45, 2.75) is 6.92 Å². The molecule has 2 aromatic rings. The summed E-state index contributed by atoms with van der Waals surface area (Å²) >= 11 is 0. The molecule has 0 saturated carbocycles. The third kappa shape index (κ3) is 3.01. The number of methoxy groups -OCH3 is 2. The van der Waals surface area contributed by atoms with E-state index in [1.54, 1.807) is 44.4 Å². The Morgan fingerprint density at radius 2 is 1.73 bits per heavy atom. The number of amides is 2.